The monoisotopic (exact) mass is 256 g/mol. The van der Waals surface area contributed by atoms with E-state index in [4.69, 9.17) is 5.73 Å². The largest absolute Gasteiger partial charge is 0.350 e. The van der Waals surface area contributed by atoms with E-state index in [0.29, 0.717) is 13.0 Å². The minimum atomic E-state index is -0.334. The molecule has 0 atom stereocenters. The molecule has 4 heteroatoms. The molecule has 1 amide bonds. The summed E-state index contributed by atoms with van der Waals surface area (Å²) in [6.45, 7) is 6.29. The van der Waals surface area contributed by atoms with Crippen molar-refractivity contribution < 1.29 is 4.79 Å². The van der Waals surface area contributed by atoms with Gasteiger partial charge in [0.05, 0.1) is 6.42 Å². The number of benzene rings is 1. The molecule has 0 fully saturated rings. The number of carbonyl (C=O) groups is 1. The molecular weight excluding hydrogens is 236 g/mol. The lowest BCUT2D eigenvalue weighted by Crippen LogP contribution is -2.49. The van der Waals surface area contributed by atoms with E-state index in [9.17, 15) is 4.79 Å². The first-order valence-electron chi connectivity index (χ1n) is 5.50. The second kappa shape index (κ2) is 6.62. The third-order valence-corrected chi connectivity index (χ3v) is 2.60. The average Bonchev–Trinajstić information content (AvgIpc) is 2.21. The topological polar surface area (TPSA) is 55.1 Å². The van der Waals surface area contributed by atoms with Gasteiger partial charge in [-0.05, 0) is 31.9 Å². The molecule has 0 radical (unpaired) electrons. The lowest BCUT2D eigenvalue weighted by Gasteiger charge is -2.24. The van der Waals surface area contributed by atoms with Crippen LogP contribution in [0.25, 0.3) is 0 Å². The first kappa shape index (κ1) is 15.9. The van der Waals surface area contributed by atoms with E-state index in [2.05, 4.69) is 5.32 Å². The van der Waals surface area contributed by atoms with Gasteiger partial charge < -0.3 is 11.1 Å². The van der Waals surface area contributed by atoms with Crippen molar-refractivity contribution in [3.63, 3.8) is 0 Å². The van der Waals surface area contributed by atoms with Crippen molar-refractivity contribution in [2.75, 3.05) is 6.54 Å². The predicted octanol–water partition coefficient (Wildman–Crippen LogP) is 1.81. The minimum absolute atomic E-state index is 0. The Bertz CT molecular complexity index is 377. The van der Waals surface area contributed by atoms with Crippen LogP contribution in [0.5, 0.6) is 0 Å². The molecule has 0 saturated carbocycles. The van der Waals surface area contributed by atoms with Crippen LogP contribution >= 0.6 is 12.4 Å². The normalized spacial score (nSPS) is 10.6. The van der Waals surface area contributed by atoms with Crippen LogP contribution in [0.3, 0.4) is 0 Å². The predicted molar refractivity (Wildman–Crippen MR) is 73.4 cm³/mol. The van der Waals surface area contributed by atoms with Crippen molar-refractivity contribution in [3.05, 3.63) is 35.4 Å². The van der Waals surface area contributed by atoms with Crippen molar-refractivity contribution in [2.45, 2.75) is 32.7 Å². The van der Waals surface area contributed by atoms with E-state index in [1.54, 1.807) is 0 Å². The number of rotatable bonds is 4. The second-order valence-electron chi connectivity index (χ2n) is 4.74. The van der Waals surface area contributed by atoms with Crippen LogP contribution in [0.15, 0.2) is 24.3 Å². The third-order valence-electron chi connectivity index (χ3n) is 2.60. The maximum absolute atomic E-state index is 11.8. The van der Waals surface area contributed by atoms with Gasteiger partial charge in [0.1, 0.15) is 0 Å². The summed E-state index contributed by atoms with van der Waals surface area (Å²) in [6.07, 6.45) is 0.413. The number of carbonyl (C=O) groups excluding carboxylic acids is 1. The highest BCUT2D eigenvalue weighted by molar-refractivity contribution is 5.85. The third kappa shape index (κ3) is 5.20. The standard InChI is InChI=1S/C13H20N2O.ClH/c1-10-6-4-5-7-11(10)8-12(16)15-13(2,3)9-14;/h4-7H,8-9,14H2,1-3H3,(H,15,16);1H. The van der Waals surface area contributed by atoms with E-state index < -0.39 is 0 Å². The minimum Gasteiger partial charge on any atom is -0.350 e. The Labute approximate surface area is 109 Å². The van der Waals surface area contributed by atoms with Crippen LogP contribution < -0.4 is 11.1 Å². The van der Waals surface area contributed by atoms with E-state index in [1.807, 2.05) is 45.0 Å². The van der Waals surface area contributed by atoms with Gasteiger partial charge in [-0.15, -0.1) is 12.4 Å². The Morgan fingerprint density at radius 2 is 1.94 bits per heavy atom. The van der Waals surface area contributed by atoms with Gasteiger partial charge in [0.15, 0.2) is 0 Å². The summed E-state index contributed by atoms with van der Waals surface area (Å²) >= 11 is 0. The van der Waals surface area contributed by atoms with Crippen LogP contribution in [0.2, 0.25) is 0 Å². The number of nitrogens with one attached hydrogen (secondary N) is 1. The first-order valence-corrected chi connectivity index (χ1v) is 5.50. The summed E-state index contributed by atoms with van der Waals surface area (Å²) in [7, 11) is 0. The number of nitrogens with two attached hydrogens (primary N) is 1. The van der Waals surface area contributed by atoms with Crippen LogP contribution in [0.4, 0.5) is 0 Å². The maximum Gasteiger partial charge on any atom is 0.224 e. The first-order chi connectivity index (χ1) is 7.44. The molecule has 3 N–H and O–H groups in total. The molecule has 96 valence electrons. The fraction of sp³-hybridized carbons (Fsp3) is 0.462. The molecule has 0 aliphatic carbocycles. The lowest BCUT2D eigenvalue weighted by molar-refractivity contribution is -0.121. The second-order valence-corrected chi connectivity index (χ2v) is 4.74. The molecule has 0 aromatic heterocycles. The molecule has 0 spiro atoms. The summed E-state index contributed by atoms with van der Waals surface area (Å²) in [5, 5.41) is 2.92. The van der Waals surface area contributed by atoms with Crippen molar-refractivity contribution in [1.29, 1.82) is 0 Å². The molecule has 3 nitrogen and oxygen atoms in total. The van der Waals surface area contributed by atoms with Crippen LogP contribution in [-0.4, -0.2) is 18.0 Å². The molecule has 0 saturated heterocycles. The van der Waals surface area contributed by atoms with Gasteiger partial charge in [-0.1, -0.05) is 24.3 Å². The smallest absolute Gasteiger partial charge is 0.224 e. The molecule has 0 bridgehead atoms. The Balaban J connectivity index is 0.00000256. The maximum atomic E-state index is 11.8. The highest BCUT2D eigenvalue weighted by Gasteiger charge is 2.18. The Kier molecular flexibility index (Phi) is 6.21. The molecule has 0 aliphatic heterocycles. The molecule has 17 heavy (non-hydrogen) atoms. The molecule has 1 aromatic carbocycles. The molecule has 1 aromatic rings. The highest BCUT2D eigenvalue weighted by atomic mass is 35.5. The average molecular weight is 257 g/mol. The zero-order valence-electron chi connectivity index (χ0n) is 10.6. The zero-order valence-corrected chi connectivity index (χ0v) is 11.4. The van der Waals surface area contributed by atoms with Gasteiger partial charge in [0.25, 0.3) is 0 Å². The molecule has 0 unspecified atom stereocenters. The fourth-order valence-corrected chi connectivity index (χ4v) is 1.45. The van der Waals surface area contributed by atoms with E-state index in [0.717, 1.165) is 11.1 Å². The number of halogens is 1. The summed E-state index contributed by atoms with van der Waals surface area (Å²) in [5.74, 6) is 0.0183. The van der Waals surface area contributed by atoms with Crippen LogP contribution in [0.1, 0.15) is 25.0 Å². The van der Waals surface area contributed by atoms with Gasteiger partial charge in [-0.3, -0.25) is 4.79 Å². The summed E-state index contributed by atoms with van der Waals surface area (Å²) in [4.78, 5) is 11.8. The molecular formula is C13H21ClN2O. The van der Waals surface area contributed by atoms with Crippen molar-refractivity contribution in [1.82, 2.24) is 5.32 Å². The van der Waals surface area contributed by atoms with Crippen LogP contribution in [-0.2, 0) is 11.2 Å². The van der Waals surface area contributed by atoms with E-state index in [1.165, 1.54) is 0 Å². The zero-order chi connectivity index (χ0) is 12.2. The number of hydrogen-bond acceptors (Lipinski definition) is 2. The van der Waals surface area contributed by atoms with Crippen molar-refractivity contribution in [3.8, 4) is 0 Å². The lowest BCUT2D eigenvalue weighted by atomic mass is 10.0. The van der Waals surface area contributed by atoms with E-state index in [-0.39, 0.29) is 23.9 Å². The molecule has 0 aliphatic rings. The van der Waals surface area contributed by atoms with Crippen molar-refractivity contribution in [2.24, 2.45) is 5.73 Å². The number of hydrogen-bond donors (Lipinski definition) is 2. The van der Waals surface area contributed by atoms with Gasteiger partial charge in [0, 0.05) is 12.1 Å². The van der Waals surface area contributed by atoms with Gasteiger partial charge in [0.2, 0.25) is 5.91 Å². The molecule has 0 heterocycles. The fourth-order valence-electron chi connectivity index (χ4n) is 1.45. The SMILES string of the molecule is Cc1ccccc1CC(=O)NC(C)(C)CN.Cl. The van der Waals surface area contributed by atoms with E-state index >= 15 is 0 Å². The number of aryl methyl sites for hydroxylation is 1. The summed E-state index contributed by atoms with van der Waals surface area (Å²) in [6, 6.07) is 7.91. The molecule has 1 rings (SSSR count). The van der Waals surface area contributed by atoms with Crippen LogP contribution in [0, 0.1) is 6.92 Å². The quantitative estimate of drug-likeness (QED) is 0.863. The Morgan fingerprint density at radius 3 is 2.47 bits per heavy atom. The Hall–Kier alpha value is -1.06. The van der Waals surface area contributed by atoms with Crippen molar-refractivity contribution >= 4 is 18.3 Å². The van der Waals surface area contributed by atoms with Gasteiger partial charge in [-0.2, -0.15) is 0 Å². The summed E-state index contributed by atoms with van der Waals surface area (Å²) in [5.41, 5.74) is 7.43. The van der Waals surface area contributed by atoms with Gasteiger partial charge >= 0.3 is 0 Å². The van der Waals surface area contributed by atoms with Gasteiger partial charge in [-0.25, -0.2) is 0 Å². The number of amides is 1. The summed E-state index contributed by atoms with van der Waals surface area (Å²) < 4.78 is 0. The Morgan fingerprint density at radius 1 is 1.35 bits per heavy atom. The highest BCUT2D eigenvalue weighted by Crippen LogP contribution is 2.08.